The van der Waals surface area contributed by atoms with Crippen molar-refractivity contribution in [3.05, 3.63) is 65.6 Å². The lowest BCUT2D eigenvalue weighted by molar-refractivity contribution is -0.139. The van der Waals surface area contributed by atoms with Gasteiger partial charge in [0.25, 0.3) is 0 Å². The molecule has 1 N–H and O–H groups in total. The standard InChI is InChI=1S/C26H25F2N3O2/c1-15-10-11-18(14-29-15)23-20-13-17-7-4-5-9-21(17)31-24(20)30-16(2)22(23)19(25(32)33)8-6-12-26(3,27)28/h4-5,7,9-11,13-14,19H,6,8,12H2,1-3H3,(H,32,33). The van der Waals surface area contributed by atoms with Gasteiger partial charge in [0.15, 0.2) is 5.65 Å². The molecule has 0 spiro atoms. The largest absolute Gasteiger partial charge is 0.481 e. The fourth-order valence-corrected chi connectivity index (χ4v) is 4.28. The zero-order valence-corrected chi connectivity index (χ0v) is 18.8. The molecule has 0 bridgehead atoms. The van der Waals surface area contributed by atoms with Crippen LogP contribution in [0.25, 0.3) is 33.1 Å². The lowest BCUT2D eigenvalue weighted by Gasteiger charge is -2.22. The predicted molar refractivity (Wildman–Crippen MR) is 125 cm³/mol. The quantitative estimate of drug-likeness (QED) is 0.328. The molecule has 0 aliphatic rings. The number of aliphatic carboxylic acids is 1. The second-order valence-corrected chi connectivity index (χ2v) is 8.58. The fourth-order valence-electron chi connectivity index (χ4n) is 4.28. The number of halogens is 2. The van der Waals surface area contributed by atoms with Crippen LogP contribution in [0.4, 0.5) is 8.78 Å². The van der Waals surface area contributed by atoms with Crippen LogP contribution in [0.3, 0.4) is 0 Å². The van der Waals surface area contributed by atoms with Gasteiger partial charge in [-0.2, -0.15) is 0 Å². The summed E-state index contributed by atoms with van der Waals surface area (Å²) in [5.41, 5.74) is 4.62. The third kappa shape index (κ3) is 4.82. The maximum atomic E-state index is 13.4. The van der Waals surface area contributed by atoms with E-state index in [1.54, 1.807) is 13.1 Å². The Kier molecular flexibility index (Phi) is 6.06. The van der Waals surface area contributed by atoms with Gasteiger partial charge >= 0.3 is 5.97 Å². The van der Waals surface area contributed by atoms with Crippen molar-refractivity contribution < 1.29 is 18.7 Å². The fraction of sp³-hybridized carbons (Fsp3) is 0.308. The summed E-state index contributed by atoms with van der Waals surface area (Å²) in [7, 11) is 0. The van der Waals surface area contributed by atoms with Crippen molar-refractivity contribution in [3.8, 4) is 11.1 Å². The maximum Gasteiger partial charge on any atom is 0.311 e. The number of benzene rings is 1. The number of aryl methyl sites for hydroxylation is 2. The average molecular weight is 450 g/mol. The van der Waals surface area contributed by atoms with Crippen molar-refractivity contribution in [2.75, 3.05) is 0 Å². The van der Waals surface area contributed by atoms with Gasteiger partial charge in [-0.25, -0.2) is 18.7 Å². The summed E-state index contributed by atoms with van der Waals surface area (Å²) in [6.45, 7) is 4.48. The summed E-state index contributed by atoms with van der Waals surface area (Å²) < 4.78 is 26.8. The van der Waals surface area contributed by atoms with Crippen molar-refractivity contribution >= 4 is 27.9 Å². The number of alkyl halides is 2. The highest BCUT2D eigenvalue weighted by molar-refractivity contribution is 6.02. The summed E-state index contributed by atoms with van der Waals surface area (Å²) in [6, 6.07) is 13.4. The molecule has 1 atom stereocenters. The first-order valence-electron chi connectivity index (χ1n) is 10.9. The Morgan fingerprint density at radius 1 is 1.12 bits per heavy atom. The minimum atomic E-state index is -2.84. The van der Waals surface area contributed by atoms with E-state index in [-0.39, 0.29) is 19.3 Å². The van der Waals surface area contributed by atoms with Gasteiger partial charge < -0.3 is 5.11 Å². The molecule has 5 nitrogen and oxygen atoms in total. The molecule has 3 heterocycles. The van der Waals surface area contributed by atoms with Gasteiger partial charge in [0.1, 0.15) is 0 Å². The van der Waals surface area contributed by atoms with Crippen molar-refractivity contribution in [2.45, 2.75) is 51.9 Å². The number of hydrogen-bond acceptors (Lipinski definition) is 4. The summed E-state index contributed by atoms with van der Waals surface area (Å²) in [5.74, 6) is -4.88. The monoisotopic (exact) mass is 449 g/mol. The van der Waals surface area contributed by atoms with Crippen molar-refractivity contribution in [1.29, 1.82) is 0 Å². The highest BCUT2D eigenvalue weighted by Crippen LogP contribution is 2.40. The number of nitrogens with zero attached hydrogens (tertiary/aromatic N) is 3. The zero-order chi connectivity index (χ0) is 23.8. The molecule has 7 heteroatoms. The van der Waals surface area contributed by atoms with E-state index in [0.29, 0.717) is 27.9 Å². The number of fused-ring (bicyclic) bond motifs is 2. The number of carbonyl (C=O) groups is 1. The molecule has 3 aromatic heterocycles. The first kappa shape index (κ1) is 22.7. The van der Waals surface area contributed by atoms with E-state index in [1.165, 1.54) is 0 Å². The van der Waals surface area contributed by atoms with E-state index in [4.69, 9.17) is 4.98 Å². The Bertz CT molecular complexity index is 1330. The Morgan fingerprint density at radius 3 is 2.55 bits per heavy atom. The molecule has 0 saturated heterocycles. The molecule has 4 aromatic rings. The molecule has 0 saturated carbocycles. The van der Waals surface area contributed by atoms with E-state index < -0.39 is 17.8 Å². The number of hydrogen-bond donors (Lipinski definition) is 1. The Balaban J connectivity index is 1.98. The summed E-state index contributed by atoms with van der Waals surface area (Å²) in [4.78, 5) is 26.1. The smallest absolute Gasteiger partial charge is 0.311 e. The van der Waals surface area contributed by atoms with Crippen LogP contribution in [0.5, 0.6) is 0 Å². The van der Waals surface area contributed by atoms with Crippen molar-refractivity contribution in [2.24, 2.45) is 0 Å². The second kappa shape index (κ2) is 8.81. The molecule has 0 amide bonds. The molecule has 33 heavy (non-hydrogen) atoms. The molecule has 0 aliphatic carbocycles. The van der Waals surface area contributed by atoms with Gasteiger partial charge in [0, 0.05) is 45.9 Å². The number of aromatic nitrogens is 3. The molecular formula is C26H25F2N3O2. The summed E-state index contributed by atoms with van der Waals surface area (Å²) in [6.07, 6.45) is 1.51. The van der Waals surface area contributed by atoms with Crippen LogP contribution in [-0.2, 0) is 4.79 Å². The van der Waals surface area contributed by atoms with Crippen LogP contribution in [0.1, 0.15) is 49.1 Å². The highest BCUT2D eigenvalue weighted by atomic mass is 19.3. The normalized spacial score (nSPS) is 12.9. The number of rotatable bonds is 7. The number of pyridine rings is 3. The first-order valence-corrected chi connectivity index (χ1v) is 10.9. The zero-order valence-electron chi connectivity index (χ0n) is 18.8. The minimum absolute atomic E-state index is 0.0828. The average Bonchev–Trinajstić information content (AvgIpc) is 2.75. The predicted octanol–water partition coefficient (Wildman–Crippen LogP) is 6.46. The number of para-hydroxylation sites is 1. The van der Waals surface area contributed by atoms with E-state index in [9.17, 15) is 18.7 Å². The maximum absolute atomic E-state index is 13.4. The van der Waals surface area contributed by atoms with Gasteiger partial charge in [-0.3, -0.25) is 9.78 Å². The SMILES string of the molecule is Cc1ccc(-c2c(C(CCCC(C)(F)F)C(=O)O)c(C)nc3nc4ccccc4cc23)cn1. The molecule has 0 fully saturated rings. The number of carboxylic acids is 1. The Hall–Kier alpha value is -3.48. The lowest BCUT2D eigenvalue weighted by atomic mass is 9.84. The first-order chi connectivity index (χ1) is 15.6. The topological polar surface area (TPSA) is 76.0 Å². The summed E-state index contributed by atoms with van der Waals surface area (Å²) >= 11 is 0. The lowest BCUT2D eigenvalue weighted by Crippen LogP contribution is -2.17. The van der Waals surface area contributed by atoms with Gasteiger partial charge in [0.05, 0.1) is 11.4 Å². The van der Waals surface area contributed by atoms with Crippen LogP contribution in [0, 0.1) is 13.8 Å². The second-order valence-electron chi connectivity index (χ2n) is 8.58. The van der Waals surface area contributed by atoms with Crippen LogP contribution >= 0.6 is 0 Å². The van der Waals surface area contributed by atoms with Crippen LogP contribution < -0.4 is 0 Å². The van der Waals surface area contributed by atoms with Crippen LogP contribution in [0.2, 0.25) is 0 Å². The van der Waals surface area contributed by atoms with E-state index in [1.807, 2.05) is 49.4 Å². The third-order valence-corrected chi connectivity index (χ3v) is 5.86. The molecule has 0 aliphatic heterocycles. The Labute approximate surface area is 190 Å². The van der Waals surface area contributed by atoms with E-state index in [0.717, 1.165) is 29.1 Å². The third-order valence-electron chi connectivity index (χ3n) is 5.86. The van der Waals surface area contributed by atoms with E-state index >= 15 is 0 Å². The van der Waals surface area contributed by atoms with Gasteiger partial charge in [0.2, 0.25) is 5.92 Å². The van der Waals surface area contributed by atoms with Crippen LogP contribution in [0.15, 0.2) is 48.7 Å². The van der Waals surface area contributed by atoms with Crippen molar-refractivity contribution in [1.82, 2.24) is 15.0 Å². The highest BCUT2D eigenvalue weighted by Gasteiger charge is 2.29. The van der Waals surface area contributed by atoms with Crippen LogP contribution in [-0.4, -0.2) is 32.0 Å². The number of carboxylic acid groups (broad SMARTS) is 1. The Morgan fingerprint density at radius 2 is 1.88 bits per heavy atom. The minimum Gasteiger partial charge on any atom is -0.481 e. The van der Waals surface area contributed by atoms with Gasteiger partial charge in [-0.1, -0.05) is 24.3 Å². The molecular weight excluding hydrogens is 424 g/mol. The molecule has 4 rings (SSSR count). The molecule has 1 unspecified atom stereocenters. The van der Waals surface area contributed by atoms with E-state index in [2.05, 4.69) is 9.97 Å². The molecule has 170 valence electrons. The molecule has 0 radical (unpaired) electrons. The van der Waals surface area contributed by atoms with Gasteiger partial charge in [-0.15, -0.1) is 0 Å². The van der Waals surface area contributed by atoms with Crippen molar-refractivity contribution in [3.63, 3.8) is 0 Å². The van der Waals surface area contributed by atoms with Gasteiger partial charge in [-0.05, 0) is 57.4 Å². The summed E-state index contributed by atoms with van der Waals surface area (Å²) in [5, 5.41) is 11.7. The molecule has 1 aromatic carbocycles.